The molecule has 0 bridgehead atoms. The second-order valence-electron chi connectivity index (χ2n) is 4.54. The molecule has 80 valence electrons. The number of ether oxygens (including phenoxy) is 1. The summed E-state index contributed by atoms with van der Waals surface area (Å²) in [6.45, 7) is 0. The molecule has 1 N–H and O–H groups in total. The summed E-state index contributed by atoms with van der Waals surface area (Å²) < 4.78 is 6.99. The molecule has 1 saturated carbocycles. The van der Waals surface area contributed by atoms with Crippen LogP contribution in [0, 0.1) is 0 Å². The molecule has 1 aromatic rings. The van der Waals surface area contributed by atoms with Gasteiger partial charge in [0.2, 0.25) is 0 Å². The maximum absolute atomic E-state index is 10.1. The van der Waals surface area contributed by atoms with E-state index in [1.165, 1.54) is 6.42 Å². The van der Waals surface area contributed by atoms with Gasteiger partial charge in [0.05, 0.1) is 6.10 Å². The van der Waals surface area contributed by atoms with Gasteiger partial charge < -0.3 is 9.84 Å². The lowest BCUT2D eigenvalue weighted by molar-refractivity contribution is -0.0663. The van der Waals surface area contributed by atoms with Gasteiger partial charge in [-0.2, -0.15) is 0 Å². The van der Waals surface area contributed by atoms with Crippen LogP contribution in [-0.4, -0.2) is 10.7 Å². The molecule has 3 heteroatoms. The van der Waals surface area contributed by atoms with Gasteiger partial charge in [-0.3, -0.25) is 0 Å². The Morgan fingerprint density at radius 1 is 1.40 bits per heavy atom. The van der Waals surface area contributed by atoms with E-state index in [1.54, 1.807) is 0 Å². The van der Waals surface area contributed by atoms with Gasteiger partial charge in [-0.15, -0.1) is 0 Å². The molecule has 3 rings (SSSR count). The molecule has 0 aromatic heterocycles. The van der Waals surface area contributed by atoms with Gasteiger partial charge in [-0.05, 0) is 37.5 Å². The van der Waals surface area contributed by atoms with E-state index in [9.17, 15) is 5.11 Å². The van der Waals surface area contributed by atoms with Crippen molar-refractivity contribution in [2.75, 3.05) is 0 Å². The monoisotopic (exact) mass is 268 g/mol. The predicted octanol–water partition coefficient (Wildman–Crippen LogP) is 3.19. The molecule has 0 amide bonds. The van der Waals surface area contributed by atoms with Crippen molar-refractivity contribution in [1.82, 2.24) is 0 Å². The maximum Gasteiger partial charge on any atom is 0.126 e. The summed E-state index contributed by atoms with van der Waals surface area (Å²) in [5.41, 5.74) is 0.863. The first kappa shape index (κ1) is 9.67. The first-order valence-electron chi connectivity index (χ1n) is 5.35. The van der Waals surface area contributed by atoms with Crippen molar-refractivity contribution < 1.29 is 9.84 Å². The molecule has 1 fully saturated rings. The molecule has 0 radical (unpaired) electrons. The van der Waals surface area contributed by atoms with Gasteiger partial charge in [0.1, 0.15) is 11.4 Å². The molecular formula is C12H13BrO2. The van der Waals surface area contributed by atoms with Gasteiger partial charge in [0, 0.05) is 16.5 Å². The van der Waals surface area contributed by atoms with Gasteiger partial charge >= 0.3 is 0 Å². The lowest BCUT2D eigenvalue weighted by Crippen LogP contribution is -2.46. The molecule has 1 atom stereocenters. The SMILES string of the molecule is O[C@@H]1CC2(CCC2)Oc2ccc(Br)cc21. The van der Waals surface area contributed by atoms with Gasteiger partial charge in [-0.25, -0.2) is 0 Å². The molecule has 1 aliphatic heterocycles. The number of halogens is 1. The molecule has 15 heavy (non-hydrogen) atoms. The summed E-state index contributed by atoms with van der Waals surface area (Å²) >= 11 is 3.41. The van der Waals surface area contributed by atoms with E-state index >= 15 is 0 Å². The van der Waals surface area contributed by atoms with E-state index in [1.807, 2.05) is 18.2 Å². The molecule has 1 spiro atoms. The van der Waals surface area contributed by atoms with Crippen LogP contribution in [0.1, 0.15) is 37.4 Å². The average molecular weight is 269 g/mol. The lowest BCUT2D eigenvalue weighted by Gasteiger charge is -2.46. The molecule has 1 aliphatic carbocycles. The van der Waals surface area contributed by atoms with E-state index in [0.29, 0.717) is 0 Å². The normalized spacial score (nSPS) is 26.7. The van der Waals surface area contributed by atoms with Crippen LogP contribution >= 0.6 is 15.9 Å². The summed E-state index contributed by atoms with van der Waals surface area (Å²) in [7, 11) is 0. The highest BCUT2D eigenvalue weighted by Gasteiger charge is 2.45. The highest BCUT2D eigenvalue weighted by Crippen LogP contribution is 2.49. The Labute approximate surface area is 97.4 Å². The zero-order valence-corrected chi connectivity index (χ0v) is 9.96. The number of fused-ring (bicyclic) bond motifs is 1. The zero-order chi connectivity index (χ0) is 10.5. The molecule has 1 heterocycles. The van der Waals surface area contributed by atoms with Crippen LogP contribution in [-0.2, 0) is 0 Å². The third kappa shape index (κ3) is 1.49. The van der Waals surface area contributed by atoms with Gasteiger partial charge in [0.15, 0.2) is 0 Å². The van der Waals surface area contributed by atoms with Crippen LogP contribution in [0.3, 0.4) is 0 Å². The molecule has 0 saturated heterocycles. The first-order valence-corrected chi connectivity index (χ1v) is 6.14. The Hall–Kier alpha value is -0.540. The van der Waals surface area contributed by atoms with Crippen molar-refractivity contribution in [3.63, 3.8) is 0 Å². The topological polar surface area (TPSA) is 29.5 Å². The number of aliphatic hydroxyl groups is 1. The lowest BCUT2D eigenvalue weighted by atomic mass is 9.73. The summed E-state index contributed by atoms with van der Waals surface area (Å²) in [4.78, 5) is 0. The molecule has 2 nitrogen and oxygen atoms in total. The fourth-order valence-electron chi connectivity index (χ4n) is 2.49. The third-order valence-electron chi connectivity index (χ3n) is 3.49. The first-order chi connectivity index (χ1) is 7.19. The van der Waals surface area contributed by atoms with Crippen LogP contribution in [0.2, 0.25) is 0 Å². The second-order valence-corrected chi connectivity index (χ2v) is 5.46. The van der Waals surface area contributed by atoms with Crippen molar-refractivity contribution in [2.45, 2.75) is 37.4 Å². The Morgan fingerprint density at radius 2 is 2.20 bits per heavy atom. The van der Waals surface area contributed by atoms with Crippen LogP contribution in [0.15, 0.2) is 22.7 Å². The third-order valence-corrected chi connectivity index (χ3v) is 3.98. The van der Waals surface area contributed by atoms with Crippen molar-refractivity contribution in [3.8, 4) is 5.75 Å². The van der Waals surface area contributed by atoms with E-state index in [0.717, 1.165) is 35.0 Å². The van der Waals surface area contributed by atoms with Crippen molar-refractivity contribution >= 4 is 15.9 Å². The number of hydrogen-bond donors (Lipinski definition) is 1. The molecular weight excluding hydrogens is 256 g/mol. The number of rotatable bonds is 0. The Bertz CT molecular complexity index is 399. The van der Waals surface area contributed by atoms with Crippen LogP contribution in [0.5, 0.6) is 5.75 Å². The van der Waals surface area contributed by atoms with E-state index in [2.05, 4.69) is 15.9 Å². The van der Waals surface area contributed by atoms with E-state index < -0.39 is 0 Å². The zero-order valence-electron chi connectivity index (χ0n) is 8.37. The number of benzene rings is 1. The average Bonchev–Trinajstić information content (AvgIpc) is 2.16. The minimum Gasteiger partial charge on any atom is -0.487 e. The van der Waals surface area contributed by atoms with Crippen molar-refractivity contribution in [2.24, 2.45) is 0 Å². The van der Waals surface area contributed by atoms with Crippen LogP contribution in [0.4, 0.5) is 0 Å². The summed E-state index contributed by atoms with van der Waals surface area (Å²) in [5.74, 6) is 0.858. The summed E-state index contributed by atoms with van der Waals surface area (Å²) in [6.07, 6.45) is 3.76. The van der Waals surface area contributed by atoms with Crippen LogP contribution < -0.4 is 4.74 Å². The Kier molecular flexibility index (Phi) is 2.08. The molecule has 0 unspecified atom stereocenters. The minimum absolute atomic E-state index is 0.0553. The molecule has 1 aromatic carbocycles. The predicted molar refractivity (Wildman–Crippen MR) is 60.9 cm³/mol. The maximum atomic E-state index is 10.1. The van der Waals surface area contributed by atoms with E-state index in [-0.39, 0.29) is 11.7 Å². The van der Waals surface area contributed by atoms with E-state index in [4.69, 9.17) is 4.74 Å². The largest absolute Gasteiger partial charge is 0.487 e. The van der Waals surface area contributed by atoms with Crippen molar-refractivity contribution in [1.29, 1.82) is 0 Å². The second kappa shape index (κ2) is 3.22. The standard InChI is InChI=1S/C12H13BrO2/c13-8-2-3-11-9(6-8)10(14)7-12(15-11)4-1-5-12/h2-3,6,10,14H,1,4-5,7H2/t10-/m1/s1. The minimum atomic E-state index is -0.369. The van der Waals surface area contributed by atoms with Crippen LogP contribution in [0.25, 0.3) is 0 Å². The smallest absolute Gasteiger partial charge is 0.126 e. The highest BCUT2D eigenvalue weighted by atomic mass is 79.9. The fraction of sp³-hybridized carbons (Fsp3) is 0.500. The van der Waals surface area contributed by atoms with Gasteiger partial charge in [0.25, 0.3) is 0 Å². The Balaban J connectivity index is 2.01. The summed E-state index contributed by atoms with van der Waals surface area (Å²) in [5, 5.41) is 10.1. The van der Waals surface area contributed by atoms with Crippen molar-refractivity contribution in [3.05, 3.63) is 28.2 Å². The summed E-state index contributed by atoms with van der Waals surface area (Å²) in [6, 6.07) is 5.86. The Morgan fingerprint density at radius 3 is 2.87 bits per heavy atom. The number of hydrogen-bond acceptors (Lipinski definition) is 2. The number of aliphatic hydroxyl groups excluding tert-OH is 1. The highest BCUT2D eigenvalue weighted by molar-refractivity contribution is 9.10. The van der Waals surface area contributed by atoms with Gasteiger partial charge in [-0.1, -0.05) is 15.9 Å². The quantitative estimate of drug-likeness (QED) is 0.783. The fourth-order valence-corrected chi connectivity index (χ4v) is 2.87. The molecule has 2 aliphatic rings.